The van der Waals surface area contributed by atoms with E-state index in [0.717, 1.165) is 34.7 Å². The number of anilines is 2. The van der Waals surface area contributed by atoms with Crippen LogP contribution >= 0.6 is 34.5 Å². The van der Waals surface area contributed by atoms with Crippen molar-refractivity contribution in [3.8, 4) is 10.4 Å². The molecule has 0 fully saturated rings. The van der Waals surface area contributed by atoms with E-state index in [2.05, 4.69) is 5.32 Å². The molecule has 0 saturated carbocycles. The van der Waals surface area contributed by atoms with Gasteiger partial charge in [-0.05, 0) is 48.4 Å². The third kappa shape index (κ3) is 3.43. The highest BCUT2D eigenvalue weighted by Gasteiger charge is 2.23. The minimum Gasteiger partial charge on any atom is -0.374 e. The topological polar surface area (TPSA) is 32.3 Å². The molecule has 0 radical (unpaired) electrons. The first-order valence-corrected chi connectivity index (χ1v) is 9.90. The fourth-order valence-electron chi connectivity index (χ4n) is 3.17. The lowest BCUT2D eigenvalue weighted by Gasteiger charge is -2.19. The molecule has 1 aliphatic heterocycles. The van der Waals surface area contributed by atoms with E-state index < -0.39 is 0 Å². The van der Waals surface area contributed by atoms with Crippen LogP contribution in [0.1, 0.15) is 15.2 Å². The molecule has 2 heterocycles. The first-order chi connectivity index (χ1) is 12.9. The van der Waals surface area contributed by atoms with Gasteiger partial charge in [0.2, 0.25) is 0 Å². The van der Waals surface area contributed by atoms with Gasteiger partial charge in [-0.1, -0.05) is 29.3 Å². The van der Waals surface area contributed by atoms with E-state index in [1.807, 2.05) is 18.0 Å². The van der Waals surface area contributed by atoms with Crippen LogP contribution in [0.4, 0.5) is 15.8 Å². The Kier molecular flexibility index (Phi) is 4.84. The Morgan fingerprint density at radius 3 is 2.67 bits per heavy atom. The summed E-state index contributed by atoms with van der Waals surface area (Å²) in [5.41, 5.74) is 3.24. The summed E-state index contributed by atoms with van der Waals surface area (Å²) in [5.74, 6) is -0.535. The van der Waals surface area contributed by atoms with Crippen molar-refractivity contribution in [3.63, 3.8) is 0 Å². The van der Waals surface area contributed by atoms with Gasteiger partial charge in [0.25, 0.3) is 5.91 Å². The number of hydrogen-bond acceptors (Lipinski definition) is 3. The number of carbonyl (C=O) groups is 1. The summed E-state index contributed by atoms with van der Waals surface area (Å²) in [6, 6.07) is 11.7. The van der Waals surface area contributed by atoms with Crippen molar-refractivity contribution in [2.45, 2.75) is 6.42 Å². The number of fused-ring (bicyclic) bond motifs is 3. The highest BCUT2D eigenvalue weighted by Crippen LogP contribution is 2.41. The second kappa shape index (κ2) is 7.15. The Morgan fingerprint density at radius 2 is 1.93 bits per heavy atom. The monoisotopic (exact) mass is 420 g/mol. The Labute approximate surface area is 170 Å². The van der Waals surface area contributed by atoms with Crippen LogP contribution in [0, 0.1) is 5.82 Å². The molecule has 27 heavy (non-hydrogen) atoms. The molecule has 1 aliphatic rings. The van der Waals surface area contributed by atoms with Crippen LogP contribution in [-0.2, 0) is 6.42 Å². The number of amides is 1. The number of likely N-dealkylation sites (N-methyl/N-ethyl adjacent to an activating group) is 1. The molecule has 2 aromatic carbocycles. The third-order valence-corrected chi connectivity index (χ3v) is 6.41. The zero-order chi connectivity index (χ0) is 19.1. The van der Waals surface area contributed by atoms with Crippen LogP contribution in [0.25, 0.3) is 10.4 Å². The number of halogens is 3. The highest BCUT2D eigenvalue weighted by molar-refractivity contribution is 7.17. The molecule has 0 saturated heterocycles. The standard InChI is InChI=1S/C20H15Cl2FN2OS/c1-25-8-7-11-9-17(20(26)24-18-14(21)3-2-4-15(18)22)27-19(11)13-6-5-12(23)10-16(13)25/h2-6,9-10H,7-8H2,1H3,(H,24,26). The van der Waals surface area contributed by atoms with E-state index >= 15 is 0 Å². The van der Waals surface area contributed by atoms with Gasteiger partial charge in [0.15, 0.2) is 0 Å². The maximum absolute atomic E-state index is 13.7. The largest absolute Gasteiger partial charge is 0.374 e. The molecular weight excluding hydrogens is 406 g/mol. The minimum atomic E-state index is -0.271. The Hall–Kier alpha value is -2.08. The average molecular weight is 421 g/mol. The summed E-state index contributed by atoms with van der Waals surface area (Å²) in [6.45, 7) is 0.748. The first kappa shape index (κ1) is 18.3. The smallest absolute Gasteiger partial charge is 0.265 e. The highest BCUT2D eigenvalue weighted by atomic mass is 35.5. The lowest BCUT2D eigenvalue weighted by molar-refractivity contribution is 0.103. The van der Waals surface area contributed by atoms with Crippen molar-refractivity contribution in [2.75, 3.05) is 23.8 Å². The quantitative estimate of drug-likeness (QED) is 0.542. The van der Waals surface area contributed by atoms with Gasteiger partial charge in [-0.3, -0.25) is 4.79 Å². The summed E-state index contributed by atoms with van der Waals surface area (Å²) in [7, 11) is 1.95. The second-order valence-electron chi connectivity index (χ2n) is 6.35. The lowest BCUT2D eigenvalue weighted by atomic mass is 10.1. The molecule has 1 N–H and O–H groups in total. The van der Waals surface area contributed by atoms with E-state index in [-0.39, 0.29) is 11.7 Å². The van der Waals surface area contributed by atoms with Gasteiger partial charge < -0.3 is 10.2 Å². The predicted octanol–water partition coefficient (Wildman–Crippen LogP) is 6.11. The number of thiophene rings is 1. The molecule has 0 atom stereocenters. The molecule has 1 amide bonds. The third-order valence-electron chi connectivity index (χ3n) is 4.57. The molecule has 0 spiro atoms. The average Bonchev–Trinajstić information content (AvgIpc) is 3.02. The first-order valence-electron chi connectivity index (χ1n) is 8.33. The zero-order valence-corrected chi connectivity index (χ0v) is 16.7. The number of benzene rings is 2. The van der Waals surface area contributed by atoms with Gasteiger partial charge in [-0.15, -0.1) is 11.3 Å². The van der Waals surface area contributed by atoms with Crippen molar-refractivity contribution in [3.05, 3.63) is 68.8 Å². The van der Waals surface area contributed by atoms with Crippen LogP contribution in [-0.4, -0.2) is 19.5 Å². The Morgan fingerprint density at radius 1 is 1.19 bits per heavy atom. The predicted molar refractivity (Wildman–Crippen MR) is 111 cm³/mol. The Balaban J connectivity index is 1.71. The molecule has 7 heteroatoms. The van der Waals surface area contributed by atoms with Gasteiger partial charge in [0, 0.05) is 29.7 Å². The molecule has 3 aromatic rings. The van der Waals surface area contributed by atoms with E-state index in [0.29, 0.717) is 20.6 Å². The summed E-state index contributed by atoms with van der Waals surface area (Å²) in [4.78, 5) is 16.4. The molecular formula is C20H15Cl2FN2OS. The maximum Gasteiger partial charge on any atom is 0.265 e. The minimum absolute atomic E-state index is 0.264. The van der Waals surface area contributed by atoms with Crippen LogP contribution < -0.4 is 10.2 Å². The zero-order valence-electron chi connectivity index (χ0n) is 14.4. The SMILES string of the molecule is CN1CCc2cc(C(=O)Nc3c(Cl)cccc3Cl)sc2-c2ccc(F)cc21. The number of carbonyl (C=O) groups excluding carboxylic acids is 1. The summed E-state index contributed by atoms with van der Waals surface area (Å²) in [5, 5.41) is 3.57. The van der Waals surface area contributed by atoms with E-state index in [9.17, 15) is 9.18 Å². The van der Waals surface area contributed by atoms with Crippen LogP contribution in [0.2, 0.25) is 10.0 Å². The van der Waals surface area contributed by atoms with E-state index in [1.54, 1.807) is 24.3 Å². The summed E-state index contributed by atoms with van der Waals surface area (Å²) in [6.07, 6.45) is 0.777. The summed E-state index contributed by atoms with van der Waals surface area (Å²) < 4.78 is 13.7. The second-order valence-corrected chi connectivity index (χ2v) is 8.22. The normalized spacial score (nSPS) is 13.0. The molecule has 4 rings (SSSR count). The number of rotatable bonds is 2. The molecule has 0 unspecified atom stereocenters. The number of hydrogen-bond donors (Lipinski definition) is 1. The van der Waals surface area contributed by atoms with Gasteiger partial charge in [0.05, 0.1) is 20.6 Å². The number of nitrogens with one attached hydrogen (secondary N) is 1. The van der Waals surface area contributed by atoms with Gasteiger partial charge >= 0.3 is 0 Å². The van der Waals surface area contributed by atoms with Gasteiger partial charge in [-0.25, -0.2) is 4.39 Å². The fraction of sp³-hybridized carbons (Fsp3) is 0.150. The molecule has 0 aliphatic carbocycles. The van der Waals surface area contributed by atoms with E-state index in [4.69, 9.17) is 23.2 Å². The maximum atomic E-state index is 13.7. The van der Waals surface area contributed by atoms with Crippen molar-refractivity contribution < 1.29 is 9.18 Å². The van der Waals surface area contributed by atoms with Crippen molar-refractivity contribution in [1.82, 2.24) is 0 Å². The van der Waals surface area contributed by atoms with Crippen LogP contribution in [0.15, 0.2) is 42.5 Å². The van der Waals surface area contributed by atoms with Crippen molar-refractivity contribution in [2.24, 2.45) is 0 Å². The molecule has 1 aromatic heterocycles. The fourth-order valence-corrected chi connectivity index (χ4v) is 4.80. The molecule has 138 valence electrons. The number of nitrogens with zero attached hydrogens (tertiary/aromatic N) is 1. The van der Waals surface area contributed by atoms with Crippen LogP contribution in [0.5, 0.6) is 0 Å². The summed E-state index contributed by atoms with van der Waals surface area (Å²) >= 11 is 13.7. The van der Waals surface area contributed by atoms with E-state index in [1.165, 1.54) is 23.5 Å². The molecule has 3 nitrogen and oxygen atoms in total. The number of para-hydroxylation sites is 1. The molecule has 0 bridgehead atoms. The Bertz CT molecular complexity index is 1030. The van der Waals surface area contributed by atoms with Gasteiger partial charge in [0.1, 0.15) is 5.82 Å². The van der Waals surface area contributed by atoms with Crippen molar-refractivity contribution >= 4 is 51.8 Å². The van der Waals surface area contributed by atoms with Crippen molar-refractivity contribution in [1.29, 1.82) is 0 Å². The lowest BCUT2D eigenvalue weighted by Crippen LogP contribution is -2.19. The van der Waals surface area contributed by atoms with Crippen LogP contribution in [0.3, 0.4) is 0 Å². The van der Waals surface area contributed by atoms with Gasteiger partial charge in [-0.2, -0.15) is 0 Å².